The van der Waals surface area contributed by atoms with E-state index in [0.717, 1.165) is 22.5 Å². The fourth-order valence-electron chi connectivity index (χ4n) is 2.54. The standard InChI is InChI=1S/C20H20N4O2/c1-13-7-8-18(23-9-13)16-5-4-6-17(19(16)26-3)20(25)24-12-15-11-21-14(2)10-22-15/h4-11H,12H2,1-3H3,(H,24,25). The maximum atomic E-state index is 12.6. The van der Waals surface area contributed by atoms with Crippen molar-refractivity contribution in [1.29, 1.82) is 0 Å². The summed E-state index contributed by atoms with van der Waals surface area (Å²) in [5.41, 5.74) is 4.58. The maximum Gasteiger partial charge on any atom is 0.255 e. The molecular formula is C20H20N4O2. The summed E-state index contributed by atoms with van der Waals surface area (Å²) in [5.74, 6) is 0.259. The Morgan fingerprint density at radius 1 is 1.04 bits per heavy atom. The van der Waals surface area contributed by atoms with Crippen molar-refractivity contribution in [3.8, 4) is 17.0 Å². The predicted octanol–water partition coefficient (Wildman–Crippen LogP) is 3.09. The van der Waals surface area contributed by atoms with Gasteiger partial charge >= 0.3 is 0 Å². The van der Waals surface area contributed by atoms with Gasteiger partial charge in [0.05, 0.1) is 42.5 Å². The van der Waals surface area contributed by atoms with Crippen molar-refractivity contribution in [3.05, 3.63) is 71.4 Å². The van der Waals surface area contributed by atoms with Gasteiger partial charge in [0.15, 0.2) is 0 Å². The second-order valence-corrected chi connectivity index (χ2v) is 5.94. The number of hydrogen-bond acceptors (Lipinski definition) is 5. The number of aryl methyl sites for hydroxylation is 2. The fraction of sp³-hybridized carbons (Fsp3) is 0.200. The lowest BCUT2D eigenvalue weighted by atomic mass is 10.0. The Morgan fingerprint density at radius 3 is 2.54 bits per heavy atom. The molecule has 0 radical (unpaired) electrons. The lowest BCUT2D eigenvalue weighted by Crippen LogP contribution is -2.24. The SMILES string of the molecule is COc1c(C(=O)NCc2cnc(C)cn2)cccc1-c1ccc(C)cn1. The van der Waals surface area contributed by atoms with Gasteiger partial charge in [0.1, 0.15) is 5.75 Å². The number of nitrogens with zero attached hydrogens (tertiary/aromatic N) is 3. The van der Waals surface area contributed by atoms with Gasteiger partial charge in [-0.3, -0.25) is 19.7 Å². The van der Waals surface area contributed by atoms with Crippen molar-refractivity contribution in [2.45, 2.75) is 20.4 Å². The highest BCUT2D eigenvalue weighted by atomic mass is 16.5. The van der Waals surface area contributed by atoms with Crippen LogP contribution < -0.4 is 10.1 Å². The summed E-state index contributed by atoms with van der Waals surface area (Å²) in [6.45, 7) is 4.14. The summed E-state index contributed by atoms with van der Waals surface area (Å²) in [5, 5.41) is 2.86. The number of ether oxygens (including phenoxy) is 1. The summed E-state index contributed by atoms with van der Waals surface area (Å²) in [4.78, 5) is 25.5. The minimum atomic E-state index is -0.238. The number of methoxy groups -OCH3 is 1. The molecule has 6 nitrogen and oxygen atoms in total. The molecule has 6 heteroatoms. The largest absolute Gasteiger partial charge is 0.495 e. The Balaban J connectivity index is 1.84. The van der Waals surface area contributed by atoms with Crippen molar-refractivity contribution in [1.82, 2.24) is 20.3 Å². The Hall–Kier alpha value is -3.28. The molecule has 3 aromatic rings. The Morgan fingerprint density at radius 2 is 1.88 bits per heavy atom. The molecule has 0 fully saturated rings. The number of aromatic nitrogens is 3. The molecule has 1 N–H and O–H groups in total. The fourth-order valence-corrected chi connectivity index (χ4v) is 2.54. The number of benzene rings is 1. The van der Waals surface area contributed by atoms with E-state index in [1.165, 1.54) is 0 Å². The van der Waals surface area contributed by atoms with E-state index in [0.29, 0.717) is 23.6 Å². The number of carbonyl (C=O) groups excluding carboxylic acids is 1. The summed E-state index contributed by atoms with van der Waals surface area (Å²) in [7, 11) is 1.55. The minimum absolute atomic E-state index is 0.238. The first kappa shape index (κ1) is 17.5. The Labute approximate surface area is 152 Å². The number of amides is 1. The molecule has 0 bridgehead atoms. The van der Waals surface area contributed by atoms with Crippen LogP contribution in [0.5, 0.6) is 5.75 Å². The number of hydrogen-bond donors (Lipinski definition) is 1. The van der Waals surface area contributed by atoms with Crippen LogP contribution in [-0.2, 0) is 6.54 Å². The molecule has 0 atom stereocenters. The summed E-state index contributed by atoms with van der Waals surface area (Å²) in [6.07, 6.45) is 5.11. The first-order chi connectivity index (χ1) is 12.6. The van der Waals surface area contributed by atoms with Crippen LogP contribution in [0.4, 0.5) is 0 Å². The zero-order valence-electron chi connectivity index (χ0n) is 15.0. The second-order valence-electron chi connectivity index (χ2n) is 5.94. The smallest absolute Gasteiger partial charge is 0.255 e. The van der Waals surface area contributed by atoms with Crippen LogP contribution in [0.15, 0.2) is 48.9 Å². The molecule has 3 rings (SSSR count). The third-order valence-corrected chi connectivity index (χ3v) is 3.92. The summed E-state index contributed by atoms with van der Waals surface area (Å²) in [6, 6.07) is 9.33. The van der Waals surface area contributed by atoms with E-state index in [1.54, 1.807) is 31.8 Å². The molecule has 2 heterocycles. The van der Waals surface area contributed by atoms with E-state index in [1.807, 2.05) is 38.1 Å². The molecular weight excluding hydrogens is 328 g/mol. The van der Waals surface area contributed by atoms with Gasteiger partial charge in [0, 0.05) is 18.0 Å². The molecule has 2 aromatic heterocycles. The average Bonchev–Trinajstić information content (AvgIpc) is 2.67. The quantitative estimate of drug-likeness (QED) is 0.767. The van der Waals surface area contributed by atoms with Gasteiger partial charge in [-0.25, -0.2) is 0 Å². The summed E-state index contributed by atoms with van der Waals surface area (Å²) >= 11 is 0. The van der Waals surface area contributed by atoms with Gasteiger partial charge in [0.25, 0.3) is 5.91 Å². The van der Waals surface area contributed by atoms with Gasteiger partial charge in [-0.05, 0) is 37.6 Å². The van der Waals surface area contributed by atoms with Crippen LogP contribution >= 0.6 is 0 Å². The van der Waals surface area contributed by atoms with Gasteiger partial charge in [-0.2, -0.15) is 0 Å². The third-order valence-electron chi connectivity index (χ3n) is 3.92. The molecule has 0 aliphatic rings. The molecule has 0 saturated heterocycles. The average molecular weight is 348 g/mol. The number of pyridine rings is 1. The van der Waals surface area contributed by atoms with Crippen LogP contribution in [0.2, 0.25) is 0 Å². The van der Waals surface area contributed by atoms with E-state index >= 15 is 0 Å². The number of rotatable bonds is 5. The monoisotopic (exact) mass is 348 g/mol. The third kappa shape index (κ3) is 3.85. The van der Waals surface area contributed by atoms with E-state index in [-0.39, 0.29) is 5.91 Å². The lowest BCUT2D eigenvalue weighted by molar-refractivity contribution is 0.0947. The van der Waals surface area contributed by atoms with Gasteiger partial charge < -0.3 is 10.1 Å². The molecule has 0 aliphatic heterocycles. The molecule has 0 aliphatic carbocycles. The maximum absolute atomic E-state index is 12.6. The molecule has 132 valence electrons. The van der Waals surface area contributed by atoms with Crippen molar-refractivity contribution in [3.63, 3.8) is 0 Å². The first-order valence-electron chi connectivity index (χ1n) is 8.24. The highest BCUT2D eigenvalue weighted by Crippen LogP contribution is 2.32. The van der Waals surface area contributed by atoms with E-state index in [4.69, 9.17) is 4.74 Å². The van der Waals surface area contributed by atoms with Gasteiger partial charge in [-0.1, -0.05) is 12.1 Å². The van der Waals surface area contributed by atoms with Crippen molar-refractivity contribution in [2.75, 3.05) is 7.11 Å². The van der Waals surface area contributed by atoms with Crippen molar-refractivity contribution in [2.24, 2.45) is 0 Å². The van der Waals surface area contributed by atoms with Gasteiger partial charge in [-0.15, -0.1) is 0 Å². The lowest BCUT2D eigenvalue weighted by Gasteiger charge is -2.13. The normalized spacial score (nSPS) is 10.4. The first-order valence-corrected chi connectivity index (χ1v) is 8.24. The van der Waals surface area contributed by atoms with E-state index in [2.05, 4.69) is 20.3 Å². The highest BCUT2D eigenvalue weighted by molar-refractivity contribution is 5.99. The van der Waals surface area contributed by atoms with Crippen molar-refractivity contribution < 1.29 is 9.53 Å². The zero-order valence-corrected chi connectivity index (χ0v) is 15.0. The number of para-hydroxylation sites is 1. The Kier molecular flexibility index (Phi) is 5.22. The Bertz CT molecular complexity index is 906. The van der Waals surface area contributed by atoms with E-state index < -0.39 is 0 Å². The summed E-state index contributed by atoms with van der Waals surface area (Å²) < 4.78 is 5.52. The molecule has 0 unspecified atom stereocenters. The molecule has 26 heavy (non-hydrogen) atoms. The second kappa shape index (κ2) is 7.74. The van der Waals surface area contributed by atoms with Crippen LogP contribution in [0, 0.1) is 13.8 Å². The van der Waals surface area contributed by atoms with E-state index in [9.17, 15) is 4.79 Å². The van der Waals surface area contributed by atoms with Crippen LogP contribution in [0.1, 0.15) is 27.3 Å². The van der Waals surface area contributed by atoms with Crippen LogP contribution in [0.3, 0.4) is 0 Å². The van der Waals surface area contributed by atoms with Gasteiger partial charge in [0.2, 0.25) is 0 Å². The van der Waals surface area contributed by atoms with Crippen LogP contribution in [0.25, 0.3) is 11.3 Å². The highest BCUT2D eigenvalue weighted by Gasteiger charge is 2.17. The number of carbonyl (C=O) groups is 1. The molecule has 1 aromatic carbocycles. The molecule has 0 spiro atoms. The number of nitrogens with one attached hydrogen (secondary N) is 1. The van der Waals surface area contributed by atoms with Crippen LogP contribution in [-0.4, -0.2) is 28.0 Å². The predicted molar refractivity (Wildman–Crippen MR) is 98.9 cm³/mol. The van der Waals surface area contributed by atoms with Crippen molar-refractivity contribution >= 4 is 5.91 Å². The molecule has 0 saturated carbocycles. The minimum Gasteiger partial charge on any atom is -0.495 e. The topological polar surface area (TPSA) is 77.0 Å². The molecule has 1 amide bonds. The zero-order chi connectivity index (χ0) is 18.5.